The van der Waals surface area contributed by atoms with Crippen LogP contribution in [0, 0.1) is 5.82 Å². The zero-order valence-electron chi connectivity index (χ0n) is 33.8. The summed E-state index contributed by atoms with van der Waals surface area (Å²) in [7, 11) is 0. The first-order valence-corrected chi connectivity index (χ1v) is 21.2. The van der Waals surface area contributed by atoms with Gasteiger partial charge in [0.15, 0.2) is 5.65 Å². The van der Waals surface area contributed by atoms with Gasteiger partial charge in [0.1, 0.15) is 29.2 Å². The summed E-state index contributed by atoms with van der Waals surface area (Å²) in [5.41, 5.74) is 4.22. The quantitative estimate of drug-likeness (QED) is 0.116. The summed E-state index contributed by atoms with van der Waals surface area (Å²) in [4.78, 5) is 80.6. The first-order valence-electron chi connectivity index (χ1n) is 21.2. The van der Waals surface area contributed by atoms with Crippen LogP contribution in [0.1, 0.15) is 90.1 Å². The zero-order chi connectivity index (χ0) is 42.0. The summed E-state index contributed by atoms with van der Waals surface area (Å²) in [6.07, 6.45) is 7.71. The maximum absolute atomic E-state index is 14.1. The lowest BCUT2D eigenvalue weighted by Gasteiger charge is -2.35. The number of halogens is 1. The third-order valence-electron chi connectivity index (χ3n) is 12.2. The lowest BCUT2D eigenvalue weighted by atomic mass is 10.0. The standard InChI is InChI=1S/C45H47FN10O5/c46-30-10-5-9-29(27-30)34-14-8-22-54(34)39-19-18-37-48-28-36(56(37)51-39)32-12-7-15-38(49-32)52-23-25-53(26-24-52)41(58)16-3-1-2-4-21-47-33-13-6-11-31-42(33)45(61)55(44(31)60)35-17-20-40(57)50-43(35)59/h5-7,9-13,15,18-19,27-28,34-35,47H,1-4,8,14,16-17,20-26H2,(H,50,57,59). The molecule has 9 rings (SSSR count). The molecule has 15 nitrogen and oxygen atoms in total. The van der Waals surface area contributed by atoms with E-state index in [1.807, 2.05) is 45.8 Å². The number of fused-ring (bicyclic) bond motifs is 2. The van der Waals surface area contributed by atoms with Crippen LogP contribution in [0.4, 0.5) is 21.7 Å². The fourth-order valence-corrected chi connectivity index (χ4v) is 9.02. The van der Waals surface area contributed by atoms with Crippen LogP contribution in [-0.2, 0) is 14.4 Å². The highest BCUT2D eigenvalue weighted by molar-refractivity contribution is 6.25. The van der Waals surface area contributed by atoms with E-state index in [2.05, 4.69) is 25.4 Å². The molecule has 0 radical (unpaired) electrons. The largest absolute Gasteiger partial charge is 0.384 e. The van der Waals surface area contributed by atoms with E-state index in [1.54, 1.807) is 36.5 Å². The first-order chi connectivity index (χ1) is 29.7. The van der Waals surface area contributed by atoms with Gasteiger partial charge in [-0.3, -0.25) is 34.2 Å². The highest BCUT2D eigenvalue weighted by atomic mass is 19.1. The Hall–Kier alpha value is -6.71. The van der Waals surface area contributed by atoms with E-state index < -0.39 is 29.7 Å². The minimum absolute atomic E-state index is 0.0461. The molecule has 3 fully saturated rings. The number of nitrogens with one attached hydrogen (secondary N) is 2. The topological polar surface area (TPSA) is 165 Å². The number of piperazine rings is 1. The van der Waals surface area contributed by atoms with E-state index >= 15 is 0 Å². The Bertz CT molecular complexity index is 2520. The molecule has 0 saturated carbocycles. The number of benzene rings is 2. The van der Waals surface area contributed by atoms with Crippen molar-refractivity contribution in [1.29, 1.82) is 0 Å². The van der Waals surface area contributed by atoms with Crippen LogP contribution in [0.3, 0.4) is 0 Å². The second-order valence-electron chi connectivity index (χ2n) is 16.0. The number of pyridine rings is 1. The number of amides is 5. The summed E-state index contributed by atoms with van der Waals surface area (Å²) in [6, 6.07) is 20.7. The fraction of sp³-hybridized carbons (Fsp3) is 0.378. The molecular weight excluding hydrogens is 780 g/mol. The van der Waals surface area contributed by atoms with Crippen LogP contribution in [0.2, 0.25) is 0 Å². The number of unbranched alkanes of at least 4 members (excludes halogenated alkanes) is 3. The number of hydrogen-bond donors (Lipinski definition) is 2. The van der Waals surface area contributed by atoms with Crippen molar-refractivity contribution in [3.63, 3.8) is 0 Å². The maximum Gasteiger partial charge on any atom is 0.264 e. The minimum Gasteiger partial charge on any atom is -0.384 e. The van der Waals surface area contributed by atoms with Gasteiger partial charge >= 0.3 is 0 Å². The van der Waals surface area contributed by atoms with Crippen molar-refractivity contribution in [3.8, 4) is 11.4 Å². The summed E-state index contributed by atoms with van der Waals surface area (Å²) >= 11 is 0. The molecule has 0 spiro atoms. The van der Waals surface area contributed by atoms with Crippen molar-refractivity contribution in [2.75, 3.05) is 54.4 Å². The van der Waals surface area contributed by atoms with Gasteiger partial charge in [-0.1, -0.05) is 37.1 Å². The molecule has 2 N–H and O–H groups in total. The number of carbonyl (C=O) groups excluding carboxylic acids is 5. The maximum atomic E-state index is 14.1. The van der Waals surface area contributed by atoms with Crippen LogP contribution >= 0.6 is 0 Å². The van der Waals surface area contributed by atoms with Crippen molar-refractivity contribution in [2.45, 2.75) is 69.9 Å². The van der Waals surface area contributed by atoms with E-state index in [0.717, 1.165) is 78.6 Å². The lowest BCUT2D eigenvalue weighted by molar-refractivity contribution is -0.136. The predicted octanol–water partition coefficient (Wildman–Crippen LogP) is 5.38. The number of nitrogens with zero attached hydrogens (tertiary/aromatic N) is 8. The van der Waals surface area contributed by atoms with Gasteiger partial charge < -0.3 is 20.0 Å². The van der Waals surface area contributed by atoms with Crippen LogP contribution in [0.15, 0.2) is 79.0 Å². The molecule has 4 aliphatic rings. The van der Waals surface area contributed by atoms with Crippen molar-refractivity contribution >= 4 is 52.5 Å². The number of aromatic nitrogens is 4. The second kappa shape index (κ2) is 17.1. The van der Waals surface area contributed by atoms with Gasteiger partial charge in [-0.2, -0.15) is 0 Å². The zero-order valence-corrected chi connectivity index (χ0v) is 33.8. The molecule has 3 aromatic heterocycles. The normalized spacial score (nSPS) is 19.2. The Morgan fingerprint density at radius 2 is 1.64 bits per heavy atom. The Balaban J connectivity index is 0.733. The molecule has 4 aliphatic heterocycles. The Labute approximate surface area is 351 Å². The molecule has 0 bridgehead atoms. The van der Waals surface area contributed by atoms with Gasteiger partial charge in [-0.05, 0) is 86.2 Å². The van der Waals surface area contributed by atoms with Gasteiger partial charge in [-0.15, -0.1) is 5.10 Å². The van der Waals surface area contributed by atoms with Crippen LogP contribution < -0.4 is 20.4 Å². The molecule has 16 heteroatoms. The van der Waals surface area contributed by atoms with Crippen LogP contribution in [0.25, 0.3) is 17.0 Å². The fourth-order valence-electron chi connectivity index (χ4n) is 9.02. The van der Waals surface area contributed by atoms with E-state index in [-0.39, 0.29) is 41.7 Å². The molecule has 5 amide bonds. The average Bonchev–Trinajstić information content (AvgIpc) is 4.00. The molecule has 7 heterocycles. The van der Waals surface area contributed by atoms with E-state index in [9.17, 15) is 28.4 Å². The number of anilines is 3. The molecule has 2 aromatic carbocycles. The summed E-state index contributed by atoms with van der Waals surface area (Å²) in [6.45, 7) is 3.97. The molecule has 61 heavy (non-hydrogen) atoms. The number of imidazole rings is 1. The highest BCUT2D eigenvalue weighted by Crippen LogP contribution is 2.36. The molecule has 2 unspecified atom stereocenters. The van der Waals surface area contributed by atoms with E-state index in [4.69, 9.17) is 10.1 Å². The van der Waals surface area contributed by atoms with Gasteiger partial charge in [0.05, 0.1) is 29.1 Å². The van der Waals surface area contributed by atoms with E-state index in [1.165, 1.54) is 6.07 Å². The number of carbonyl (C=O) groups is 5. The molecule has 314 valence electrons. The number of rotatable bonds is 13. The van der Waals surface area contributed by atoms with Crippen molar-refractivity contribution in [2.24, 2.45) is 0 Å². The van der Waals surface area contributed by atoms with Gasteiger partial charge in [0.25, 0.3) is 11.8 Å². The van der Waals surface area contributed by atoms with E-state index in [0.29, 0.717) is 50.5 Å². The molecular formula is C45H47FN10O5. The van der Waals surface area contributed by atoms with Crippen molar-refractivity contribution < 1.29 is 28.4 Å². The SMILES string of the molecule is O=C1CCC(N2C(=O)c3cccc(NCCCCCCC(=O)N4CCN(c5cccc(-c6cnc7ccc(N8CCCC8c8cccc(F)c8)nn67)n5)CC4)c3C2=O)C(=O)N1. The summed E-state index contributed by atoms with van der Waals surface area (Å²) in [5.74, 6) is -0.562. The summed E-state index contributed by atoms with van der Waals surface area (Å²) in [5, 5.41) is 10.5. The Morgan fingerprint density at radius 1 is 0.820 bits per heavy atom. The van der Waals surface area contributed by atoms with Gasteiger partial charge in [-0.25, -0.2) is 18.9 Å². The third-order valence-corrected chi connectivity index (χ3v) is 12.2. The molecule has 5 aromatic rings. The molecule has 2 atom stereocenters. The predicted molar refractivity (Wildman–Crippen MR) is 225 cm³/mol. The molecule has 0 aliphatic carbocycles. The number of piperidine rings is 1. The smallest absolute Gasteiger partial charge is 0.264 e. The number of hydrogen-bond acceptors (Lipinski definition) is 11. The Kier molecular flexibility index (Phi) is 11.1. The Morgan fingerprint density at radius 3 is 2.48 bits per heavy atom. The molecule has 3 saturated heterocycles. The summed E-state index contributed by atoms with van der Waals surface area (Å²) < 4.78 is 15.9. The number of imide groups is 2. The van der Waals surface area contributed by atoms with Crippen molar-refractivity contribution in [1.82, 2.24) is 34.7 Å². The van der Waals surface area contributed by atoms with Gasteiger partial charge in [0.2, 0.25) is 17.7 Å². The van der Waals surface area contributed by atoms with Gasteiger partial charge in [0, 0.05) is 57.8 Å². The first kappa shape index (κ1) is 39.7. The monoisotopic (exact) mass is 826 g/mol. The van der Waals surface area contributed by atoms with Crippen LogP contribution in [0.5, 0.6) is 0 Å². The third kappa shape index (κ3) is 8.01. The lowest BCUT2D eigenvalue weighted by Crippen LogP contribution is -2.54. The van der Waals surface area contributed by atoms with Crippen molar-refractivity contribution in [3.05, 3.63) is 102 Å². The average molecular weight is 827 g/mol. The minimum atomic E-state index is -1.01. The second-order valence-corrected chi connectivity index (χ2v) is 16.0. The highest BCUT2D eigenvalue weighted by Gasteiger charge is 2.45. The van der Waals surface area contributed by atoms with Crippen LogP contribution in [-0.4, -0.2) is 104 Å².